The van der Waals surface area contributed by atoms with Gasteiger partial charge >= 0.3 is 6.18 Å². The number of hydrogen-bond acceptors (Lipinski definition) is 1. The van der Waals surface area contributed by atoms with Crippen LogP contribution in [0, 0.1) is 5.82 Å². The topological polar surface area (TPSA) is 26.0 Å². The molecule has 0 radical (unpaired) electrons. The van der Waals surface area contributed by atoms with E-state index >= 15 is 0 Å². The summed E-state index contributed by atoms with van der Waals surface area (Å²) < 4.78 is 75.3. The predicted octanol–water partition coefficient (Wildman–Crippen LogP) is 2.90. The van der Waals surface area contributed by atoms with Gasteiger partial charge in [0.15, 0.2) is 0 Å². The molecule has 1 aromatic rings. The van der Waals surface area contributed by atoms with Gasteiger partial charge in [0.05, 0.1) is 12.1 Å². The van der Waals surface area contributed by atoms with Crippen LogP contribution in [-0.4, -0.2) is 6.54 Å². The van der Waals surface area contributed by atoms with Crippen LogP contribution in [0.1, 0.15) is 11.1 Å². The Hall–Kier alpha value is -1.24. The van der Waals surface area contributed by atoms with Crippen LogP contribution >= 0.6 is 0 Å². The zero-order valence-electron chi connectivity index (χ0n) is 7.78. The lowest BCUT2D eigenvalue weighted by atomic mass is 10.0. The molecule has 1 aromatic carbocycles. The highest BCUT2D eigenvalue weighted by Crippen LogP contribution is 2.35. The molecule has 0 atom stereocenters. The molecule has 0 bridgehead atoms. The largest absolute Gasteiger partial charge is 0.419 e. The molecule has 7 heteroatoms. The van der Waals surface area contributed by atoms with Gasteiger partial charge in [-0.25, -0.2) is 4.39 Å². The summed E-state index contributed by atoms with van der Waals surface area (Å²) in [5, 5.41) is 0. The molecule has 0 saturated heterocycles. The lowest BCUT2D eigenvalue weighted by Crippen LogP contribution is -2.25. The van der Waals surface area contributed by atoms with Gasteiger partial charge in [-0.3, -0.25) is 0 Å². The summed E-state index contributed by atoms with van der Waals surface area (Å²) in [6.07, 6.45) is -5.01. The third kappa shape index (κ3) is 2.46. The van der Waals surface area contributed by atoms with Gasteiger partial charge in [0.25, 0.3) is 5.92 Å². The number of hydrogen-bond donors (Lipinski definition) is 1. The summed E-state index contributed by atoms with van der Waals surface area (Å²) >= 11 is 0. The Bertz CT molecular complexity index is 384. The van der Waals surface area contributed by atoms with Gasteiger partial charge in [-0.2, -0.15) is 22.0 Å². The van der Waals surface area contributed by atoms with E-state index in [4.69, 9.17) is 5.73 Å². The Morgan fingerprint density at radius 1 is 1.06 bits per heavy atom. The average molecular weight is 243 g/mol. The van der Waals surface area contributed by atoms with Gasteiger partial charge in [0, 0.05) is 5.56 Å². The Morgan fingerprint density at radius 3 is 2.06 bits per heavy atom. The average Bonchev–Trinajstić information content (AvgIpc) is 2.16. The van der Waals surface area contributed by atoms with Gasteiger partial charge < -0.3 is 5.73 Å². The molecule has 0 saturated carbocycles. The van der Waals surface area contributed by atoms with Crippen molar-refractivity contribution in [2.45, 2.75) is 12.1 Å². The van der Waals surface area contributed by atoms with Gasteiger partial charge in [0.1, 0.15) is 5.82 Å². The van der Waals surface area contributed by atoms with Crippen molar-refractivity contribution >= 4 is 0 Å². The van der Waals surface area contributed by atoms with Crippen molar-refractivity contribution in [3.63, 3.8) is 0 Å². The second kappa shape index (κ2) is 3.97. The molecule has 1 rings (SSSR count). The van der Waals surface area contributed by atoms with Crippen molar-refractivity contribution in [1.82, 2.24) is 0 Å². The number of alkyl halides is 5. The molecule has 0 amide bonds. The number of rotatable bonds is 2. The highest BCUT2D eigenvalue weighted by Gasteiger charge is 2.37. The molecule has 90 valence electrons. The van der Waals surface area contributed by atoms with Crippen LogP contribution in [0.3, 0.4) is 0 Å². The molecule has 0 spiro atoms. The maximum absolute atomic E-state index is 13.0. The SMILES string of the molecule is NCC(F)(F)c1ccc(F)c(C(F)(F)F)c1. The highest BCUT2D eigenvalue weighted by molar-refractivity contribution is 5.30. The summed E-state index contributed by atoms with van der Waals surface area (Å²) in [5.41, 5.74) is 2.03. The maximum Gasteiger partial charge on any atom is 0.419 e. The second-order valence-corrected chi connectivity index (χ2v) is 3.10. The lowest BCUT2D eigenvalue weighted by Gasteiger charge is -2.16. The van der Waals surface area contributed by atoms with E-state index in [1.54, 1.807) is 0 Å². The van der Waals surface area contributed by atoms with E-state index in [-0.39, 0.29) is 6.07 Å². The molecule has 0 unspecified atom stereocenters. The number of benzene rings is 1. The van der Waals surface area contributed by atoms with Crippen LogP contribution in [0.2, 0.25) is 0 Å². The molecule has 0 aliphatic rings. The van der Waals surface area contributed by atoms with Crippen LogP contribution in [0.25, 0.3) is 0 Å². The number of nitrogens with two attached hydrogens (primary N) is 1. The van der Waals surface area contributed by atoms with E-state index < -0.39 is 35.6 Å². The Morgan fingerprint density at radius 2 is 1.62 bits per heavy atom. The lowest BCUT2D eigenvalue weighted by molar-refractivity contribution is -0.140. The van der Waals surface area contributed by atoms with E-state index in [1.807, 2.05) is 0 Å². The molecule has 0 aliphatic carbocycles. The molecule has 1 nitrogen and oxygen atoms in total. The minimum Gasteiger partial charge on any atom is -0.325 e. The van der Waals surface area contributed by atoms with Crippen molar-refractivity contribution in [2.75, 3.05) is 6.54 Å². The van der Waals surface area contributed by atoms with Crippen molar-refractivity contribution in [1.29, 1.82) is 0 Å². The first-order valence-electron chi connectivity index (χ1n) is 4.13. The van der Waals surface area contributed by atoms with E-state index in [0.717, 1.165) is 0 Å². The smallest absolute Gasteiger partial charge is 0.325 e. The van der Waals surface area contributed by atoms with Crippen molar-refractivity contribution in [2.24, 2.45) is 5.73 Å². The molecular weight excluding hydrogens is 236 g/mol. The molecule has 0 fully saturated rings. The van der Waals surface area contributed by atoms with Crippen LogP contribution in [0.15, 0.2) is 18.2 Å². The fourth-order valence-electron chi connectivity index (χ4n) is 1.09. The summed E-state index contributed by atoms with van der Waals surface area (Å²) in [7, 11) is 0. The fourth-order valence-corrected chi connectivity index (χ4v) is 1.09. The van der Waals surface area contributed by atoms with E-state index in [1.165, 1.54) is 0 Å². The van der Waals surface area contributed by atoms with Crippen LogP contribution in [0.4, 0.5) is 26.3 Å². The third-order valence-corrected chi connectivity index (χ3v) is 1.95. The fraction of sp³-hybridized carbons (Fsp3) is 0.333. The number of halogens is 6. The minimum atomic E-state index is -5.01. The maximum atomic E-state index is 13.0. The van der Waals surface area contributed by atoms with Gasteiger partial charge in [-0.1, -0.05) is 6.07 Å². The Balaban J connectivity index is 3.29. The summed E-state index contributed by atoms with van der Waals surface area (Å²) in [6.45, 7) is -1.14. The van der Waals surface area contributed by atoms with Gasteiger partial charge in [0.2, 0.25) is 0 Å². The molecule has 0 heterocycles. The van der Waals surface area contributed by atoms with E-state index in [2.05, 4.69) is 0 Å². The monoisotopic (exact) mass is 243 g/mol. The normalized spacial score (nSPS) is 12.9. The van der Waals surface area contributed by atoms with Gasteiger partial charge in [-0.15, -0.1) is 0 Å². The first-order valence-corrected chi connectivity index (χ1v) is 4.13. The third-order valence-electron chi connectivity index (χ3n) is 1.95. The molecular formula is C9H7F6N. The Kier molecular flexibility index (Phi) is 3.18. The second-order valence-electron chi connectivity index (χ2n) is 3.10. The van der Waals surface area contributed by atoms with E-state index in [9.17, 15) is 26.3 Å². The summed E-state index contributed by atoms with van der Waals surface area (Å²) in [5.74, 6) is -5.20. The van der Waals surface area contributed by atoms with Crippen molar-refractivity contribution < 1.29 is 26.3 Å². The molecule has 0 aromatic heterocycles. The quantitative estimate of drug-likeness (QED) is 0.794. The first kappa shape index (κ1) is 12.8. The van der Waals surface area contributed by atoms with Gasteiger partial charge in [-0.05, 0) is 12.1 Å². The predicted molar refractivity (Wildman–Crippen MR) is 44.4 cm³/mol. The summed E-state index contributed by atoms with van der Waals surface area (Å²) in [6, 6.07) is 1.00. The minimum absolute atomic E-state index is 0.0716. The van der Waals surface area contributed by atoms with Crippen LogP contribution < -0.4 is 5.73 Å². The Labute approximate surface area is 86.9 Å². The molecule has 16 heavy (non-hydrogen) atoms. The highest BCUT2D eigenvalue weighted by atomic mass is 19.4. The molecule has 2 N–H and O–H groups in total. The standard InChI is InChI=1S/C9H7F6N/c10-7-2-1-5(8(11,12)4-16)3-6(7)9(13,14)15/h1-3H,4,16H2. The zero-order chi connectivity index (χ0) is 12.6. The molecule has 0 aliphatic heterocycles. The first-order chi connectivity index (χ1) is 7.18. The van der Waals surface area contributed by atoms with Crippen LogP contribution in [-0.2, 0) is 12.1 Å². The van der Waals surface area contributed by atoms with Crippen molar-refractivity contribution in [3.05, 3.63) is 35.1 Å². The zero-order valence-corrected chi connectivity index (χ0v) is 7.78. The van der Waals surface area contributed by atoms with E-state index in [0.29, 0.717) is 12.1 Å². The van der Waals surface area contributed by atoms with Crippen LogP contribution in [0.5, 0.6) is 0 Å². The summed E-state index contributed by atoms with van der Waals surface area (Å²) in [4.78, 5) is 0. The van der Waals surface area contributed by atoms with Crippen molar-refractivity contribution in [3.8, 4) is 0 Å².